The molecule has 26 heavy (non-hydrogen) atoms. The van der Waals surface area contributed by atoms with E-state index >= 15 is 0 Å². The molecule has 1 amide bonds. The van der Waals surface area contributed by atoms with Gasteiger partial charge in [0.25, 0.3) is 5.91 Å². The third kappa shape index (κ3) is 2.79. The quantitative estimate of drug-likeness (QED) is 0.496. The molecule has 0 unspecified atom stereocenters. The summed E-state index contributed by atoms with van der Waals surface area (Å²) in [5.74, 6) is 0.448. The minimum absolute atomic E-state index is 0.117. The van der Waals surface area contributed by atoms with Gasteiger partial charge in [-0.2, -0.15) is 0 Å². The van der Waals surface area contributed by atoms with E-state index in [0.29, 0.717) is 5.92 Å². The molecular formula is C20H17N3OS2. The summed E-state index contributed by atoms with van der Waals surface area (Å²) < 4.78 is 2.29. The molecule has 0 spiro atoms. The Kier molecular flexibility index (Phi) is 3.94. The summed E-state index contributed by atoms with van der Waals surface area (Å²) >= 11 is 3.34. The second kappa shape index (κ2) is 6.45. The molecule has 130 valence electrons. The Labute approximate surface area is 159 Å². The van der Waals surface area contributed by atoms with Gasteiger partial charge in [0.05, 0.1) is 31.0 Å². The zero-order valence-corrected chi connectivity index (χ0v) is 15.7. The van der Waals surface area contributed by atoms with Crippen LogP contribution in [0.2, 0.25) is 0 Å². The summed E-state index contributed by atoms with van der Waals surface area (Å²) in [5, 5.41) is 1.15. The van der Waals surface area contributed by atoms with Crippen molar-refractivity contribution in [1.29, 1.82) is 0 Å². The highest BCUT2D eigenvalue weighted by Crippen LogP contribution is 2.33. The Bertz CT molecular complexity index is 1070. The van der Waals surface area contributed by atoms with Crippen molar-refractivity contribution in [3.63, 3.8) is 0 Å². The van der Waals surface area contributed by atoms with Crippen molar-refractivity contribution in [2.45, 2.75) is 18.8 Å². The second-order valence-corrected chi connectivity index (χ2v) is 8.59. The maximum atomic E-state index is 13.0. The van der Waals surface area contributed by atoms with Crippen LogP contribution in [0.5, 0.6) is 0 Å². The van der Waals surface area contributed by atoms with Crippen LogP contribution in [0.1, 0.15) is 34.1 Å². The molecule has 1 saturated heterocycles. The largest absolute Gasteiger partial charge is 0.338 e. The average molecular weight is 380 g/mol. The molecule has 2 aromatic carbocycles. The maximum absolute atomic E-state index is 13.0. The van der Waals surface area contributed by atoms with Crippen molar-refractivity contribution in [3.8, 4) is 0 Å². The Balaban J connectivity index is 1.40. The molecule has 3 heterocycles. The predicted octanol–water partition coefficient (Wildman–Crippen LogP) is 4.93. The molecule has 0 bridgehead atoms. The highest BCUT2D eigenvalue weighted by Gasteiger charge is 2.27. The first-order valence-electron chi connectivity index (χ1n) is 8.76. The number of rotatable bonds is 2. The Morgan fingerprint density at radius 3 is 2.96 bits per heavy atom. The van der Waals surface area contributed by atoms with E-state index in [1.54, 1.807) is 22.7 Å². The number of thiazole rings is 2. The number of nitrogens with zero attached hydrogens (tertiary/aromatic N) is 3. The molecule has 4 aromatic rings. The lowest BCUT2D eigenvalue weighted by Gasteiger charge is -2.32. The van der Waals surface area contributed by atoms with Gasteiger partial charge in [-0.05, 0) is 43.2 Å². The van der Waals surface area contributed by atoms with Gasteiger partial charge < -0.3 is 4.90 Å². The summed E-state index contributed by atoms with van der Waals surface area (Å²) in [4.78, 5) is 24.1. The van der Waals surface area contributed by atoms with E-state index < -0.39 is 0 Å². The fourth-order valence-corrected chi connectivity index (χ4v) is 5.41. The number of para-hydroxylation sites is 1. The number of hydrogen-bond acceptors (Lipinski definition) is 5. The van der Waals surface area contributed by atoms with E-state index in [4.69, 9.17) is 4.98 Å². The highest BCUT2D eigenvalue weighted by molar-refractivity contribution is 7.18. The van der Waals surface area contributed by atoms with Gasteiger partial charge in [0.1, 0.15) is 0 Å². The number of fused-ring (bicyclic) bond motifs is 2. The molecule has 0 N–H and O–H groups in total. The van der Waals surface area contributed by atoms with Crippen LogP contribution in [0.25, 0.3) is 20.4 Å². The molecule has 1 aliphatic heterocycles. The van der Waals surface area contributed by atoms with Crippen LogP contribution in [0, 0.1) is 0 Å². The van der Waals surface area contributed by atoms with Crippen LogP contribution in [0.4, 0.5) is 0 Å². The van der Waals surface area contributed by atoms with Gasteiger partial charge in [-0.15, -0.1) is 22.7 Å². The summed E-state index contributed by atoms with van der Waals surface area (Å²) in [7, 11) is 0. The van der Waals surface area contributed by atoms with Crippen LogP contribution in [-0.2, 0) is 0 Å². The summed E-state index contributed by atoms with van der Waals surface area (Å²) in [6.07, 6.45) is 2.12. The Hall–Kier alpha value is -2.31. The van der Waals surface area contributed by atoms with Crippen molar-refractivity contribution >= 4 is 49.0 Å². The van der Waals surface area contributed by atoms with Crippen molar-refractivity contribution in [1.82, 2.24) is 14.9 Å². The monoisotopic (exact) mass is 379 g/mol. The van der Waals surface area contributed by atoms with Crippen LogP contribution in [-0.4, -0.2) is 33.9 Å². The smallest absolute Gasteiger partial charge is 0.253 e. The van der Waals surface area contributed by atoms with Gasteiger partial charge in [-0.1, -0.05) is 12.1 Å². The minimum atomic E-state index is 0.117. The number of hydrogen-bond donors (Lipinski definition) is 0. The SMILES string of the molecule is O=C(c1ccc2ncsc2c1)N1CCC[C@H](c2nc3ccccc3s2)C1. The summed E-state index contributed by atoms with van der Waals surface area (Å²) in [6, 6.07) is 14.1. The molecular weight excluding hydrogens is 362 g/mol. The van der Waals surface area contributed by atoms with Crippen LogP contribution in [0.3, 0.4) is 0 Å². The van der Waals surface area contributed by atoms with Crippen LogP contribution >= 0.6 is 22.7 Å². The zero-order chi connectivity index (χ0) is 17.5. The average Bonchev–Trinajstić information content (AvgIpc) is 3.33. The molecule has 6 heteroatoms. The lowest BCUT2D eigenvalue weighted by molar-refractivity contribution is 0.0707. The van der Waals surface area contributed by atoms with E-state index in [0.717, 1.165) is 52.2 Å². The minimum Gasteiger partial charge on any atom is -0.338 e. The van der Waals surface area contributed by atoms with Gasteiger partial charge in [0.2, 0.25) is 0 Å². The van der Waals surface area contributed by atoms with Gasteiger partial charge in [-0.3, -0.25) is 4.79 Å². The van der Waals surface area contributed by atoms with Crippen molar-refractivity contribution in [2.75, 3.05) is 13.1 Å². The number of carbonyl (C=O) groups is 1. The molecule has 1 fully saturated rings. The number of aromatic nitrogens is 2. The topological polar surface area (TPSA) is 46.1 Å². The van der Waals surface area contributed by atoms with Crippen molar-refractivity contribution < 1.29 is 4.79 Å². The number of piperidine rings is 1. The lowest BCUT2D eigenvalue weighted by Crippen LogP contribution is -2.39. The van der Waals surface area contributed by atoms with Crippen molar-refractivity contribution in [3.05, 3.63) is 58.5 Å². The van der Waals surface area contributed by atoms with Gasteiger partial charge in [-0.25, -0.2) is 9.97 Å². The van der Waals surface area contributed by atoms with Crippen LogP contribution in [0.15, 0.2) is 48.0 Å². The summed E-state index contributed by atoms with van der Waals surface area (Å²) in [5.41, 5.74) is 4.60. The highest BCUT2D eigenvalue weighted by atomic mass is 32.1. The van der Waals surface area contributed by atoms with E-state index in [9.17, 15) is 4.79 Å². The molecule has 5 rings (SSSR count). The molecule has 1 atom stereocenters. The first kappa shape index (κ1) is 15.9. The fourth-order valence-electron chi connectivity index (χ4n) is 3.60. The number of likely N-dealkylation sites (tertiary alicyclic amines) is 1. The van der Waals surface area contributed by atoms with E-state index in [1.807, 2.05) is 34.7 Å². The number of amides is 1. The first-order valence-corrected chi connectivity index (χ1v) is 10.5. The maximum Gasteiger partial charge on any atom is 0.253 e. The fraction of sp³-hybridized carbons (Fsp3) is 0.250. The standard InChI is InChI=1S/C20H17N3OS2/c24-20(13-7-8-15-18(10-13)25-12-21-15)23-9-3-4-14(11-23)19-22-16-5-1-2-6-17(16)26-19/h1-2,5-8,10,12,14H,3-4,9,11H2/t14-/m0/s1. The van der Waals surface area contributed by atoms with E-state index in [1.165, 1.54) is 4.70 Å². The number of carbonyl (C=O) groups excluding carboxylic acids is 1. The molecule has 2 aromatic heterocycles. The van der Waals surface area contributed by atoms with Gasteiger partial charge in [0, 0.05) is 24.6 Å². The van der Waals surface area contributed by atoms with Crippen molar-refractivity contribution in [2.24, 2.45) is 0 Å². The van der Waals surface area contributed by atoms with Gasteiger partial charge >= 0.3 is 0 Å². The molecule has 4 nitrogen and oxygen atoms in total. The van der Waals surface area contributed by atoms with E-state index in [2.05, 4.69) is 23.2 Å². The normalized spacial score (nSPS) is 17.8. The molecule has 0 radical (unpaired) electrons. The Morgan fingerprint density at radius 2 is 2.04 bits per heavy atom. The van der Waals surface area contributed by atoms with Gasteiger partial charge in [0.15, 0.2) is 0 Å². The molecule has 1 aliphatic rings. The molecule has 0 saturated carbocycles. The summed E-state index contributed by atoms with van der Waals surface area (Å²) in [6.45, 7) is 1.57. The third-order valence-corrected chi connectivity index (χ3v) is 6.94. The second-order valence-electron chi connectivity index (χ2n) is 6.65. The lowest BCUT2D eigenvalue weighted by atomic mass is 9.98. The van der Waals surface area contributed by atoms with E-state index in [-0.39, 0.29) is 5.91 Å². The Morgan fingerprint density at radius 1 is 1.12 bits per heavy atom. The third-order valence-electron chi connectivity index (χ3n) is 4.95. The zero-order valence-electron chi connectivity index (χ0n) is 14.1. The first-order chi connectivity index (χ1) is 12.8. The van der Waals surface area contributed by atoms with Crippen LogP contribution < -0.4 is 0 Å². The number of benzene rings is 2. The molecule has 0 aliphatic carbocycles. The predicted molar refractivity (Wildman–Crippen MR) is 107 cm³/mol.